The molecule has 1 heterocycles. The maximum atomic E-state index is 12.5. The van der Waals surface area contributed by atoms with E-state index in [0.717, 1.165) is 0 Å². The number of ether oxygens (including phenoxy) is 2. The molecule has 27 heavy (non-hydrogen) atoms. The molecule has 3 rings (SSSR count). The first-order valence-electron chi connectivity index (χ1n) is 7.71. The van der Waals surface area contributed by atoms with Crippen molar-refractivity contribution in [2.24, 2.45) is 0 Å². The van der Waals surface area contributed by atoms with E-state index in [2.05, 4.69) is 15.2 Å². The highest BCUT2D eigenvalue weighted by Crippen LogP contribution is 2.30. The molecule has 6 nitrogen and oxygen atoms in total. The number of anilines is 1. The molecule has 0 spiro atoms. The summed E-state index contributed by atoms with van der Waals surface area (Å²) in [5.74, 6) is -0.652. The van der Waals surface area contributed by atoms with Gasteiger partial charge >= 0.3 is 6.61 Å². The first-order chi connectivity index (χ1) is 13.0. The minimum absolute atomic E-state index is 0.0957. The number of carbonyl (C=O) groups is 1. The minimum atomic E-state index is -3.04. The van der Waals surface area contributed by atoms with Gasteiger partial charge in [-0.25, -0.2) is 4.68 Å². The third kappa shape index (κ3) is 4.35. The lowest BCUT2D eigenvalue weighted by Crippen LogP contribution is -2.12. The Bertz CT molecular complexity index is 963. The van der Waals surface area contributed by atoms with Gasteiger partial charge in [-0.3, -0.25) is 4.79 Å². The molecule has 0 saturated carbocycles. The van der Waals surface area contributed by atoms with E-state index in [1.165, 1.54) is 36.2 Å². The molecule has 2 aromatic carbocycles. The van der Waals surface area contributed by atoms with Crippen molar-refractivity contribution < 1.29 is 23.0 Å². The van der Waals surface area contributed by atoms with Crippen LogP contribution in [0.4, 0.5) is 14.5 Å². The predicted octanol–water partition coefficient (Wildman–Crippen LogP) is 4.39. The van der Waals surface area contributed by atoms with Gasteiger partial charge in [0.05, 0.1) is 35.9 Å². The smallest absolute Gasteiger partial charge is 0.387 e. The zero-order valence-electron chi connectivity index (χ0n) is 14.0. The SMILES string of the molecule is COc1ccc(C(=O)Nc2cnn(-c3ccccc3Cl)c2)cc1OC(F)F. The zero-order valence-corrected chi connectivity index (χ0v) is 14.8. The molecule has 0 aliphatic heterocycles. The normalized spacial score (nSPS) is 10.7. The summed E-state index contributed by atoms with van der Waals surface area (Å²) in [6.07, 6.45) is 3.03. The van der Waals surface area contributed by atoms with E-state index in [1.54, 1.807) is 24.4 Å². The van der Waals surface area contributed by atoms with E-state index in [4.69, 9.17) is 16.3 Å². The topological polar surface area (TPSA) is 65.4 Å². The standard InChI is InChI=1S/C18H14ClF2N3O3/c1-26-15-7-6-11(8-16(15)27-18(20)21)17(25)23-12-9-22-24(10-12)14-5-3-2-4-13(14)19/h2-10,18H,1H3,(H,23,25). The molecule has 1 aromatic heterocycles. The Morgan fingerprint density at radius 2 is 2.00 bits per heavy atom. The van der Waals surface area contributed by atoms with Crippen LogP contribution in [0.3, 0.4) is 0 Å². The van der Waals surface area contributed by atoms with Crippen molar-refractivity contribution in [2.45, 2.75) is 6.61 Å². The van der Waals surface area contributed by atoms with Gasteiger partial charge in [-0.2, -0.15) is 13.9 Å². The second-order valence-corrected chi connectivity index (χ2v) is 5.73. The number of nitrogens with one attached hydrogen (secondary N) is 1. The highest BCUT2D eigenvalue weighted by atomic mass is 35.5. The van der Waals surface area contributed by atoms with Crippen molar-refractivity contribution in [3.63, 3.8) is 0 Å². The molecule has 1 N–H and O–H groups in total. The summed E-state index contributed by atoms with van der Waals surface area (Å²) >= 11 is 6.12. The third-order valence-electron chi connectivity index (χ3n) is 3.58. The highest BCUT2D eigenvalue weighted by Gasteiger charge is 2.15. The number of amides is 1. The zero-order chi connectivity index (χ0) is 19.4. The van der Waals surface area contributed by atoms with Crippen LogP contribution >= 0.6 is 11.6 Å². The third-order valence-corrected chi connectivity index (χ3v) is 3.90. The van der Waals surface area contributed by atoms with Crippen LogP contribution in [0.15, 0.2) is 54.9 Å². The van der Waals surface area contributed by atoms with Crippen LogP contribution in [0.1, 0.15) is 10.4 Å². The van der Waals surface area contributed by atoms with Crippen LogP contribution in [0.5, 0.6) is 11.5 Å². The van der Waals surface area contributed by atoms with Gasteiger partial charge in [0.1, 0.15) is 0 Å². The molecule has 0 bridgehead atoms. The molecule has 0 fully saturated rings. The van der Waals surface area contributed by atoms with Crippen LogP contribution in [0, 0.1) is 0 Å². The summed E-state index contributed by atoms with van der Waals surface area (Å²) < 4.78 is 35.9. The number of halogens is 3. The lowest BCUT2D eigenvalue weighted by atomic mass is 10.2. The molecular weight excluding hydrogens is 380 g/mol. The van der Waals surface area contributed by atoms with Crippen molar-refractivity contribution in [1.29, 1.82) is 0 Å². The van der Waals surface area contributed by atoms with E-state index < -0.39 is 12.5 Å². The number of alkyl halides is 2. The molecule has 0 aliphatic carbocycles. The molecular formula is C18H14ClF2N3O3. The predicted molar refractivity (Wildman–Crippen MR) is 96.2 cm³/mol. The first kappa shape index (κ1) is 18.7. The number of benzene rings is 2. The lowest BCUT2D eigenvalue weighted by Gasteiger charge is -2.11. The van der Waals surface area contributed by atoms with Crippen LogP contribution in [0.25, 0.3) is 5.69 Å². The molecule has 3 aromatic rings. The Morgan fingerprint density at radius 1 is 1.22 bits per heavy atom. The summed E-state index contributed by atoms with van der Waals surface area (Å²) in [5.41, 5.74) is 1.18. The van der Waals surface area contributed by atoms with Gasteiger partial charge in [0.15, 0.2) is 11.5 Å². The van der Waals surface area contributed by atoms with Gasteiger partial charge < -0.3 is 14.8 Å². The Morgan fingerprint density at radius 3 is 2.70 bits per heavy atom. The molecule has 0 unspecified atom stereocenters. The number of carbonyl (C=O) groups excluding carboxylic acids is 1. The van der Waals surface area contributed by atoms with E-state index in [0.29, 0.717) is 16.4 Å². The number of hydrogen-bond acceptors (Lipinski definition) is 4. The molecule has 9 heteroatoms. The second-order valence-electron chi connectivity index (χ2n) is 5.32. The summed E-state index contributed by atoms with van der Waals surface area (Å²) in [4.78, 5) is 12.4. The average molecular weight is 394 g/mol. The van der Waals surface area contributed by atoms with Crippen molar-refractivity contribution in [3.8, 4) is 17.2 Å². The average Bonchev–Trinajstić information content (AvgIpc) is 3.09. The van der Waals surface area contributed by atoms with Gasteiger partial charge in [-0.15, -0.1) is 0 Å². The van der Waals surface area contributed by atoms with Crippen molar-refractivity contribution in [3.05, 3.63) is 65.4 Å². The van der Waals surface area contributed by atoms with Crippen LogP contribution in [-0.2, 0) is 0 Å². The Labute approximate surface area is 158 Å². The number of methoxy groups -OCH3 is 1. The van der Waals surface area contributed by atoms with Gasteiger partial charge in [-0.05, 0) is 30.3 Å². The molecule has 0 saturated heterocycles. The van der Waals surface area contributed by atoms with E-state index in [-0.39, 0.29) is 17.1 Å². The fourth-order valence-corrected chi connectivity index (χ4v) is 2.59. The summed E-state index contributed by atoms with van der Waals surface area (Å²) in [6.45, 7) is -3.04. The Balaban J connectivity index is 1.79. The summed E-state index contributed by atoms with van der Waals surface area (Å²) in [7, 11) is 1.32. The molecule has 0 aliphatic rings. The number of aromatic nitrogens is 2. The highest BCUT2D eigenvalue weighted by molar-refractivity contribution is 6.32. The Hall–Kier alpha value is -3.13. The number of rotatable bonds is 6. The fraction of sp³-hybridized carbons (Fsp3) is 0.111. The van der Waals surface area contributed by atoms with Crippen LogP contribution in [-0.4, -0.2) is 29.4 Å². The van der Waals surface area contributed by atoms with Crippen molar-refractivity contribution in [2.75, 3.05) is 12.4 Å². The van der Waals surface area contributed by atoms with E-state index in [9.17, 15) is 13.6 Å². The van der Waals surface area contributed by atoms with Gasteiger partial charge in [-0.1, -0.05) is 23.7 Å². The quantitative estimate of drug-likeness (QED) is 0.674. The van der Waals surface area contributed by atoms with Crippen LogP contribution < -0.4 is 14.8 Å². The maximum Gasteiger partial charge on any atom is 0.387 e. The second kappa shape index (κ2) is 8.05. The number of para-hydroxylation sites is 1. The monoisotopic (exact) mass is 393 g/mol. The Kier molecular flexibility index (Phi) is 5.56. The summed E-state index contributed by atoms with van der Waals surface area (Å²) in [6, 6.07) is 11.1. The molecule has 140 valence electrons. The minimum Gasteiger partial charge on any atom is -0.493 e. The summed E-state index contributed by atoms with van der Waals surface area (Å²) in [5, 5.41) is 7.29. The van der Waals surface area contributed by atoms with Crippen molar-refractivity contribution >= 4 is 23.2 Å². The fourth-order valence-electron chi connectivity index (χ4n) is 2.37. The number of hydrogen-bond donors (Lipinski definition) is 1. The van der Waals surface area contributed by atoms with Gasteiger partial charge in [0, 0.05) is 5.56 Å². The van der Waals surface area contributed by atoms with Gasteiger partial charge in [0.25, 0.3) is 5.91 Å². The molecule has 1 amide bonds. The molecule has 0 radical (unpaired) electrons. The van der Waals surface area contributed by atoms with Crippen LogP contribution in [0.2, 0.25) is 5.02 Å². The maximum absolute atomic E-state index is 12.5. The van der Waals surface area contributed by atoms with Crippen molar-refractivity contribution in [1.82, 2.24) is 9.78 Å². The number of nitrogens with zero attached hydrogens (tertiary/aromatic N) is 2. The lowest BCUT2D eigenvalue weighted by molar-refractivity contribution is -0.0512. The van der Waals surface area contributed by atoms with Gasteiger partial charge in [0.2, 0.25) is 0 Å². The van der Waals surface area contributed by atoms with E-state index in [1.807, 2.05) is 6.07 Å². The van der Waals surface area contributed by atoms with E-state index >= 15 is 0 Å². The molecule has 0 atom stereocenters. The largest absolute Gasteiger partial charge is 0.493 e. The first-order valence-corrected chi connectivity index (χ1v) is 8.09.